The molecule has 1 amide bonds. The first-order chi connectivity index (χ1) is 10.3. The highest BCUT2D eigenvalue weighted by molar-refractivity contribution is 5.92. The van der Waals surface area contributed by atoms with Crippen molar-refractivity contribution in [3.63, 3.8) is 0 Å². The van der Waals surface area contributed by atoms with Crippen LogP contribution < -0.4 is 5.32 Å². The molecule has 0 aliphatic carbocycles. The van der Waals surface area contributed by atoms with Gasteiger partial charge in [-0.3, -0.25) is 9.89 Å². The zero-order valence-corrected chi connectivity index (χ0v) is 11.4. The Morgan fingerprint density at radius 1 is 1.43 bits per heavy atom. The molecular weight excluding hydrogens is 266 g/mol. The van der Waals surface area contributed by atoms with Crippen molar-refractivity contribution >= 4 is 11.7 Å². The van der Waals surface area contributed by atoms with Crippen LogP contribution in [0.15, 0.2) is 36.4 Å². The molecule has 1 aromatic heterocycles. The van der Waals surface area contributed by atoms with Gasteiger partial charge in [-0.2, -0.15) is 10.4 Å². The summed E-state index contributed by atoms with van der Waals surface area (Å²) in [5.41, 5.74) is 1.87. The van der Waals surface area contributed by atoms with E-state index in [2.05, 4.69) is 21.7 Å². The van der Waals surface area contributed by atoms with Gasteiger partial charge in [0.2, 0.25) is 5.91 Å². The largest absolute Gasteiger partial charge is 0.310 e. The summed E-state index contributed by atoms with van der Waals surface area (Å²) in [6.45, 7) is 1.13. The Morgan fingerprint density at radius 3 is 2.95 bits per heavy atom. The number of benzene rings is 1. The van der Waals surface area contributed by atoms with Crippen molar-refractivity contribution in [2.24, 2.45) is 5.92 Å². The van der Waals surface area contributed by atoms with Crippen molar-refractivity contribution in [3.8, 4) is 17.5 Å². The average molecular weight is 281 g/mol. The van der Waals surface area contributed by atoms with Gasteiger partial charge in [0.1, 0.15) is 0 Å². The van der Waals surface area contributed by atoms with Crippen LogP contribution >= 0.6 is 0 Å². The monoisotopic (exact) mass is 281 g/mol. The van der Waals surface area contributed by atoms with Crippen LogP contribution in [-0.4, -0.2) is 34.1 Å². The molecule has 2 heterocycles. The Hall–Kier alpha value is -2.81. The van der Waals surface area contributed by atoms with E-state index >= 15 is 0 Å². The van der Waals surface area contributed by atoms with Crippen LogP contribution in [0.2, 0.25) is 0 Å². The molecule has 1 unspecified atom stereocenters. The molecule has 1 saturated heterocycles. The van der Waals surface area contributed by atoms with Gasteiger partial charge in [0, 0.05) is 19.2 Å². The van der Waals surface area contributed by atoms with Crippen LogP contribution in [0.1, 0.15) is 6.42 Å². The van der Waals surface area contributed by atoms with Crippen molar-refractivity contribution in [2.45, 2.75) is 6.42 Å². The maximum Gasteiger partial charge on any atom is 0.230 e. The fourth-order valence-corrected chi connectivity index (χ4v) is 2.44. The minimum absolute atomic E-state index is 0.0844. The van der Waals surface area contributed by atoms with Crippen LogP contribution in [0.4, 0.5) is 5.82 Å². The third-order valence-corrected chi connectivity index (χ3v) is 3.61. The van der Waals surface area contributed by atoms with Gasteiger partial charge in [-0.25, -0.2) is 0 Å². The second-order valence-corrected chi connectivity index (χ2v) is 5.05. The van der Waals surface area contributed by atoms with Crippen LogP contribution in [0.25, 0.3) is 11.3 Å². The molecule has 0 spiro atoms. The summed E-state index contributed by atoms with van der Waals surface area (Å²) in [6, 6.07) is 11.6. The molecule has 106 valence electrons. The van der Waals surface area contributed by atoms with E-state index in [-0.39, 0.29) is 11.8 Å². The van der Waals surface area contributed by atoms with E-state index < -0.39 is 0 Å². The van der Waals surface area contributed by atoms with Gasteiger partial charge < -0.3 is 10.2 Å². The zero-order chi connectivity index (χ0) is 14.7. The number of carbonyl (C=O) groups is 1. The first-order valence-corrected chi connectivity index (χ1v) is 6.82. The van der Waals surface area contributed by atoms with Crippen LogP contribution in [0, 0.1) is 17.4 Å². The minimum atomic E-state index is -0.151. The van der Waals surface area contributed by atoms with Crippen LogP contribution in [0.3, 0.4) is 0 Å². The molecule has 1 aliphatic rings. The molecule has 2 aromatic rings. The first kappa shape index (κ1) is 13.2. The lowest BCUT2D eigenvalue weighted by Crippen LogP contribution is -2.25. The van der Waals surface area contributed by atoms with Crippen molar-refractivity contribution in [1.29, 1.82) is 5.26 Å². The van der Waals surface area contributed by atoms with E-state index in [1.165, 1.54) is 0 Å². The van der Waals surface area contributed by atoms with E-state index in [0.29, 0.717) is 25.3 Å². The van der Waals surface area contributed by atoms with Gasteiger partial charge in [0.05, 0.1) is 11.6 Å². The molecule has 6 nitrogen and oxygen atoms in total. The summed E-state index contributed by atoms with van der Waals surface area (Å²) in [5, 5.41) is 18.6. The Kier molecular flexibility index (Phi) is 3.56. The van der Waals surface area contributed by atoms with Crippen molar-refractivity contribution in [2.75, 3.05) is 18.4 Å². The summed E-state index contributed by atoms with van der Waals surface area (Å²) in [6.07, 6.45) is 2.77. The number of hydrogen-bond acceptors (Lipinski definition) is 4. The average Bonchev–Trinajstić information content (AvgIpc) is 3.17. The molecule has 1 fully saturated rings. The number of hydrogen-bond donors (Lipinski definition) is 2. The predicted molar refractivity (Wildman–Crippen MR) is 77.9 cm³/mol. The topological polar surface area (TPSA) is 84.8 Å². The fourth-order valence-electron chi connectivity index (χ4n) is 2.44. The van der Waals surface area contributed by atoms with Crippen molar-refractivity contribution in [1.82, 2.24) is 15.1 Å². The third kappa shape index (κ3) is 2.87. The van der Waals surface area contributed by atoms with E-state index in [0.717, 1.165) is 11.3 Å². The Morgan fingerprint density at radius 2 is 2.24 bits per heavy atom. The molecule has 0 bridgehead atoms. The van der Waals surface area contributed by atoms with E-state index in [1.54, 1.807) is 4.90 Å². The van der Waals surface area contributed by atoms with Gasteiger partial charge in [-0.1, -0.05) is 30.3 Å². The number of rotatable bonds is 3. The summed E-state index contributed by atoms with van der Waals surface area (Å²) in [5.74, 6) is 0.273. The van der Waals surface area contributed by atoms with E-state index in [4.69, 9.17) is 5.26 Å². The second kappa shape index (κ2) is 5.67. The Bertz CT molecular complexity index is 673. The molecule has 0 saturated carbocycles. The molecule has 2 N–H and O–H groups in total. The van der Waals surface area contributed by atoms with E-state index in [9.17, 15) is 4.79 Å². The van der Waals surface area contributed by atoms with Gasteiger partial charge >= 0.3 is 0 Å². The third-order valence-electron chi connectivity index (χ3n) is 3.61. The van der Waals surface area contributed by atoms with Gasteiger partial charge in [0.15, 0.2) is 12.0 Å². The maximum absolute atomic E-state index is 12.1. The number of amides is 1. The lowest BCUT2D eigenvalue weighted by Gasteiger charge is -2.08. The standard InChI is InChI=1S/C15H15N5O/c16-10-20-7-6-12(9-20)15(21)17-14-8-13(18-19-14)11-4-2-1-3-5-11/h1-5,8,12H,6-7,9H2,(H2,17,18,19,21). The SMILES string of the molecule is N#CN1CCC(C(=O)Nc2cc(-c3ccccc3)[nH]n2)C1. The number of aromatic nitrogens is 2. The number of nitrogens with one attached hydrogen (secondary N) is 2. The maximum atomic E-state index is 12.1. The quantitative estimate of drug-likeness (QED) is 0.840. The Labute approximate surface area is 122 Å². The number of nitriles is 1. The number of H-pyrrole nitrogens is 1. The van der Waals surface area contributed by atoms with Crippen molar-refractivity contribution < 1.29 is 4.79 Å². The highest BCUT2D eigenvalue weighted by Crippen LogP contribution is 2.21. The second-order valence-electron chi connectivity index (χ2n) is 5.05. The molecule has 1 aromatic carbocycles. The van der Waals surface area contributed by atoms with Gasteiger partial charge in [0.25, 0.3) is 0 Å². The van der Waals surface area contributed by atoms with Crippen LogP contribution in [0.5, 0.6) is 0 Å². The lowest BCUT2D eigenvalue weighted by molar-refractivity contribution is -0.119. The first-order valence-electron chi connectivity index (χ1n) is 6.82. The number of aromatic amines is 1. The summed E-state index contributed by atoms with van der Waals surface area (Å²) < 4.78 is 0. The molecule has 0 radical (unpaired) electrons. The summed E-state index contributed by atoms with van der Waals surface area (Å²) >= 11 is 0. The summed E-state index contributed by atoms with van der Waals surface area (Å²) in [4.78, 5) is 13.7. The van der Waals surface area contributed by atoms with Crippen LogP contribution in [-0.2, 0) is 4.79 Å². The Balaban J connectivity index is 1.65. The minimum Gasteiger partial charge on any atom is -0.310 e. The smallest absolute Gasteiger partial charge is 0.230 e. The highest BCUT2D eigenvalue weighted by atomic mass is 16.2. The number of anilines is 1. The molecule has 21 heavy (non-hydrogen) atoms. The predicted octanol–water partition coefficient (Wildman–Crippen LogP) is 1.82. The fraction of sp³-hybridized carbons (Fsp3) is 0.267. The van der Waals surface area contributed by atoms with Gasteiger partial charge in [-0.05, 0) is 12.0 Å². The number of carbonyl (C=O) groups excluding carboxylic acids is 1. The van der Waals surface area contributed by atoms with Gasteiger partial charge in [-0.15, -0.1) is 0 Å². The number of nitrogens with zero attached hydrogens (tertiary/aromatic N) is 3. The molecule has 6 heteroatoms. The highest BCUT2D eigenvalue weighted by Gasteiger charge is 2.28. The zero-order valence-electron chi connectivity index (χ0n) is 11.4. The lowest BCUT2D eigenvalue weighted by atomic mass is 10.1. The molecule has 1 aliphatic heterocycles. The number of likely N-dealkylation sites (tertiary alicyclic amines) is 1. The van der Waals surface area contributed by atoms with E-state index in [1.807, 2.05) is 36.4 Å². The molecular formula is C15H15N5O. The molecule has 1 atom stereocenters. The normalized spacial score (nSPS) is 17.5. The molecule has 3 rings (SSSR count). The van der Waals surface area contributed by atoms with Crippen molar-refractivity contribution in [3.05, 3.63) is 36.4 Å². The summed E-state index contributed by atoms with van der Waals surface area (Å²) in [7, 11) is 0.